The Bertz CT molecular complexity index is 1320. The fourth-order valence-electron chi connectivity index (χ4n) is 4.38. The molecule has 1 N–H and O–H groups in total. The molecule has 5 aromatic rings. The van der Waals surface area contributed by atoms with Crippen LogP contribution in [0, 0.1) is 0 Å². The summed E-state index contributed by atoms with van der Waals surface area (Å²) in [4.78, 5) is 12.3. The van der Waals surface area contributed by atoms with Gasteiger partial charge in [-0.3, -0.25) is 9.80 Å². The number of thiophene rings is 1. The highest BCUT2D eigenvalue weighted by atomic mass is 32.1. The number of benzene rings is 1. The highest BCUT2D eigenvalue weighted by molar-refractivity contribution is 7.17. The van der Waals surface area contributed by atoms with E-state index in [1.165, 1.54) is 26.3 Å². The summed E-state index contributed by atoms with van der Waals surface area (Å²) in [5.41, 5.74) is 1.34. The van der Waals surface area contributed by atoms with Gasteiger partial charge >= 0.3 is 0 Å². The van der Waals surface area contributed by atoms with Crippen molar-refractivity contribution in [3.05, 3.63) is 81.6 Å². The predicted octanol–water partition coefficient (Wildman–Crippen LogP) is 4.73. The molecule has 1 fully saturated rings. The normalized spacial score (nSPS) is 16.5. The number of thiazole rings is 1. The zero-order valence-corrected chi connectivity index (χ0v) is 19.5. The van der Waals surface area contributed by atoms with Gasteiger partial charge in [-0.1, -0.05) is 47.7 Å². The minimum absolute atomic E-state index is 0.00978. The van der Waals surface area contributed by atoms with Crippen molar-refractivity contribution in [2.45, 2.75) is 12.6 Å². The van der Waals surface area contributed by atoms with E-state index in [-0.39, 0.29) is 11.9 Å². The van der Waals surface area contributed by atoms with E-state index in [0.717, 1.165) is 37.6 Å². The molecule has 0 amide bonds. The monoisotopic (exact) mass is 477 g/mol. The standard InChI is InChI=1S/C24H23N5O2S2/c30-23-21(33-24-25-22(26-29(23)24)18-8-4-14-31-18)20(19-9-5-15-32-19)28-12-10-27(11-13-28)16-17-6-2-1-3-7-17/h1-9,14-15,20,30H,10-13,16H2/t20-/m0/s1. The van der Waals surface area contributed by atoms with Crippen molar-refractivity contribution in [3.63, 3.8) is 0 Å². The van der Waals surface area contributed by atoms with Crippen molar-refractivity contribution in [3.8, 4) is 17.5 Å². The topological polar surface area (TPSA) is 70.0 Å². The van der Waals surface area contributed by atoms with Crippen molar-refractivity contribution in [1.29, 1.82) is 0 Å². The number of aromatic hydroxyl groups is 1. The molecule has 0 aliphatic carbocycles. The molecule has 0 bridgehead atoms. The maximum atomic E-state index is 11.2. The zero-order valence-electron chi connectivity index (χ0n) is 17.9. The Hall–Kier alpha value is -2.98. The molecule has 5 heterocycles. The molecule has 1 aromatic carbocycles. The van der Waals surface area contributed by atoms with Gasteiger partial charge in [0.25, 0.3) is 0 Å². The first kappa shape index (κ1) is 20.6. The van der Waals surface area contributed by atoms with Gasteiger partial charge in [0, 0.05) is 37.6 Å². The summed E-state index contributed by atoms with van der Waals surface area (Å²) in [7, 11) is 0. The van der Waals surface area contributed by atoms with Crippen LogP contribution in [0.25, 0.3) is 16.5 Å². The van der Waals surface area contributed by atoms with Crippen LogP contribution in [0.5, 0.6) is 5.88 Å². The van der Waals surface area contributed by atoms with E-state index in [1.54, 1.807) is 23.7 Å². The van der Waals surface area contributed by atoms with Crippen LogP contribution in [-0.2, 0) is 6.54 Å². The van der Waals surface area contributed by atoms with Gasteiger partial charge in [0.1, 0.15) is 0 Å². The number of nitrogens with zero attached hydrogens (tertiary/aromatic N) is 5. The molecule has 0 unspecified atom stereocenters. The summed E-state index contributed by atoms with van der Waals surface area (Å²) < 4.78 is 6.95. The summed E-state index contributed by atoms with van der Waals surface area (Å²) in [6.45, 7) is 4.80. The van der Waals surface area contributed by atoms with Gasteiger partial charge < -0.3 is 9.52 Å². The summed E-state index contributed by atoms with van der Waals surface area (Å²) >= 11 is 3.22. The molecular weight excluding hydrogens is 454 g/mol. The second-order valence-corrected chi connectivity index (χ2v) is 10.1. The average molecular weight is 478 g/mol. The van der Waals surface area contributed by atoms with Crippen LogP contribution in [0.1, 0.15) is 21.4 Å². The molecule has 168 valence electrons. The van der Waals surface area contributed by atoms with Crippen LogP contribution in [0.3, 0.4) is 0 Å². The molecule has 0 radical (unpaired) electrons. The van der Waals surface area contributed by atoms with Crippen molar-refractivity contribution < 1.29 is 9.52 Å². The van der Waals surface area contributed by atoms with E-state index in [2.05, 4.69) is 67.7 Å². The van der Waals surface area contributed by atoms with Crippen LogP contribution in [0.4, 0.5) is 0 Å². The Labute approximate surface area is 199 Å². The minimum Gasteiger partial charge on any atom is -0.492 e. The largest absolute Gasteiger partial charge is 0.492 e. The number of fused-ring (bicyclic) bond motifs is 1. The van der Waals surface area contributed by atoms with E-state index < -0.39 is 0 Å². The van der Waals surface area contributed by atoms with Crippen molar-refractivity contribution in [2.75, 3.05) is 26.2 Å². The molecule has 7 nitrogen and oxygen atoms in total. The molecular formula is C24H23N5O2S2. The van der Waals surface area contributed by atoms with Gasteiger partial charge in [-0.15, -0.1) is 16.4 Å². The third kappa shape index (κ3) is 3.97. The Balaban J connectivity index is 1.26. The molecule has 0 spiro atoms. The fourth-order valence-corrected chi connectivity index (χ4v) is 6.43. The first-order chi connectivity index (χ1) is 16.3. The minimum atomic E-state index is -0.00978. The van der Waals surface area contributed by atoms with Crippen molar-refractivity contribution in [1.82, 2.24) is 24.4 Å². The van der Waals surface area contributed by atoms with Gasteiger partial charge in [0.15, 0.2) is 5.76 Å². The van der Waals surface area contributed by atoms with Crippen LogP contribution < -0.4 is 0 Å². The molecule has 33 heavy (non-hydrogen) atoms. The smallest absolute Gasteiger partial charge is 0.230 e. The lowest BCUT2D eigenvalue weighted by molar-refractivity contribution is 0.106. The molecule has 4 aromatic heterocycles. The number of rotatable bonds is 6. The van der Waals surface area contributed by atoms with Gasteiger partial charge in [-0.25, -0.2) is 0 Å². The Morgan fingerprint density at radius 3 is 2.55 bits per heavy atom. The third-order valence-corrected chi connectivity index (χ3v) is 8.02. The lowest BCUT2D eigenvalue weighted by atomic mass is 10.1. The highest BCUT2D eigenvalue weighted by Gasteiger charge is 2.32. The van der Waals surface area contributed by atoms with Crippen LogP contribution in [0.15, 0.2) is 70.7 Å². The Morgan fingerprint density at radius 2 is 1.85 bits per heavy atom. The van der Waals surface area contributed by atoms with E-state index in [0.29, 0.717) is 16.5 Å². The van der Waals surface area contributed by atoms with Gasteiger partial charge in [0.2, 0.25) is 16.7 Å². The molecule has 1 atom stereocenters. The zero-order chi connectivity index (χ0) is 22.2. The van der Waals surface area contributed by atoms with Crippen LogP contribution in [0.2, 0.25) is 0 Å². The molecule has 6 rings (SSSR count). The second-order valence-electron chi connectivity index (χ2n) is 8.11. The first-order valence-corrected chi connectivity index (χ1v) is 12.6. The third-order valence-electron chi connectivity index (χ3n) is 6.02. The fraction of sp³-hybridized carbons (Fsp3) is 0.250. The lowest BCUT2D eigenvalue weighted by Crippen LogP contribution is -2.47. The second kappa shape index (κ2) is 8.75. The summed E-state index contributed by atoms with van der Waals surface area (Å²) in [5.74, 6) is 1.23. The van der Waals surface area contributed by atoms with Gasteiger partial charge in [0.05, 0.1) is 17.2 Å². The van der Waals surface area contributed by atoms with Crippen LogP contribution in [-0.4, -0.2) is 55.7 Å². The Kier molecular flexibility index (Phi) is 5.47. The average Bonchev–Trinajstić information content (AvgIpc) is 3.64. The van der Waals surface area contributed by atoms with Gasteiger partial charge in [-0.05, 0) is 29.1 Å². The van der Waals surface area contributed by atoms with Crippen molar-refractivity contribution in [2.24, 2.45) is 0 Å². The maximum absolute atomic E-state index is 11.2. The molecule has 1 aliphatic rings. The molecule has 1 aliphatic heterocycles. The van der Waals surface area contributed by atoms with E-state index in [9.17, 15) is 5.11 Å². The number of piperazine rings is 1. The summed E-state index contributed by atoms with van der Waals surface area (Å²) in [5, 5.41) is 17.7. The van der Waals surface area contributed by atoms with Gasteiger partial charge in [-0.2, -0.15) is 9.50 Å². The quantitative estimate of drug-likeness (QED) is 0.381. The lowest BCUT2D eigenvalue weighted by Gasteiger charge is -2.38. The predicted molar refractivity (Wildman–Crippen MR) is 130 cm³/mol. The highest BCUT2D eigenvalue weighted by Crippen LogP contribution is 2.42. The molecule has 9 heteroatoms. The maximum Gasteiger partial charge on any atom is 0.230 e. The summed E-state index contributed by atoms with van der Waals surface area (Å²) in [6, 6.07) is 18.5. The van der Waals surface area contributed by atoms with Crippen molar-refractivity contribution >= 4 is 27.6 Å². The number of hydrogen-bond acceptors (Lipinski definition) is 8. The van der Waals surface area contributed by atoms with E-state index in [1.807, 2.05) is 6.07 Å². The number of furan rings is 1. The molecule has 0 saturated carbocycles. The first-order valence-electron chi connectivity index (χ1n) is 10.9. The van der Waals surface area contributed by atoms with E-state index in [4.69, 9.17) is 4.42 Å². The van der Waals surface area contributed by atoms with E-state index >= 15 is 0 Å². The molecule has 1 saturated heterocycles. The Morgan fingerprint density at radius 1 is 1.00 bits per heavy atom. The number of hydrogen-bond donors (Lipinski definition) is 1. The van der Waals surface area contributed by atoms with Crippen LogP contribution >= 0.6 is 22.7 Å². The number of aromatic nitrogens is 3. The summed E-state index contributed by atoms with van der Waals surface area (Å²) in [6.07, 6.45) is 1.60. The SMILES string of the molecule is Oc1c([C@H](c2cccs2)N2CCN(Cc3ccccc3)CC2)sc2nc(-c3ccco3)nn12.